The Labute approximate surface area is 171 Å². The average molecular weight is 443 g/mol. The highest BCUT2D eigenvalue weighted by Crippen LogP contribution is 2.25. The molecule has 0 bridgehead atoms. The lowest BCUT2D eigenvalue weighted by Gasteiger charge is -2.43. The monoisotopic (exact) mass is 442 g/mol. The minimum absolute atomic E-state index is 0.298. The largest absolute Gasteiger partial charge is 0.350 e. The van der Waals surface area contributed by atoms with Crippen molar-refractivity contribution in [3.63, 3.8) is 0 Å². The molecule has 0 heterocycles. The molecule has 0 amide bonds. The third-order valence-electron chi connectivity index (χ3n) is 4.32. The van der Waals surface area contributed by atoms with Crippen molar-refractivity contribution in [3.05, 3.63) is 0 Å². The molecular formula is C18H42N4OSi4. The van der Waals surface area contributed by atoms with Crippen LogP contribution >= 0.6 is 0 Å². The van der Waals surface area contributed by atoms with Crippen molar-refractivity contribution in [1.82, 2.24) is 8.68 Å². The van der Waals surface area contributed by atoms with Crippen LogP contribution < -0.4 is 0 Å². The molecule has 0 saturated heterocycles. The Balaban J connectivity index is 3.50. The fourth-order valence-electron chi connectivity index (χ4n) is 3.83. The molecule has 0 unspecified atom stereocenters. The molecule has 0 aromatic rings. The molecule has 0 radical (unpaired) electrons. The van der Waals surface area contributed by atoms with Crippen molar-refractivity contribution in [1.29, 1.82) is 0 Å². The lowest BCUT2D eigenvalue weighted by Crippen LogP contribution is -2.57. The van der Waals surface area contributed by atoms with Crippen molar-refractivity contribution in [2.45, 2.75) is 97.8 Å². The molecule has 0 aromatic heterocycles. The van der Waals surface area contributed by atoms with E-state index in [0.29, 0.717) is 18.6 Å². The van der Waals surface area contributed by atoms with Crippen LogP contribution in [0.1, 0.15) is 19.3 Å². The van der Waals surface area contributed by atoms with E-state index in [-0.39, 0.29) is 0 Å². The molecule has 0 atom stereocenters. The smallest absolute Gasteiger partial charge is 0.158 e. The number of carbonyl (C=O) groups excluding carboxylic acids is 1. The molecule has 1 saturated carbocycles. The zero-order valence-corrected chi connectivity index (χ0v) is 23.8. The second-order valence-corrected chi connectivity index (χ2v) is 31.6. The molecule has 1 fully saturated rings. The van der Waals surface area contributed by atoms with Crippen molar-refractivity contribution in [2.75, 3.05) is 0 Å². The summed E-state index contributed by atoms with van der Waals surface area (Å²) in [6.07, 6.45) is 1.77. The summed E-state index contributed by atoms with van der Waals surface area (Å²) in [5.41, 5.74) is 1.98. The lowest BCUT2D eigenvalue weighted by molar-refractivity contribution is -0.117. The van der Waals surface area contributed by atoms with Gasteiger partial charge in [-0.2, -0.15) is 10.2 Å². The van der Waals surface area contributed by atoms with E-state index >= 15 is 0 Å². The van der Waals surface area contributed by atoms with Gasteiger partial charge in [0.05, 0.1) is 17.8 Å². The third-order valence-corrected chi connectivity index (χ3v) is 17.9. The molecule has 1 rings (SSSR count). The standard InChI is InChI=1S/C18H42N4OSi4/c1-24(2,3)21(25(4,5)6)19-17-14-13-16(23)15-18(17)20-22(26(7,8)9)27(10,11)12/h13-15H2,1-12H3. The number of carbonyl (C=O) groups is 1. The fourth-order valence-corrected chi connectivity index (χ4v) is 21.6. The number of hydrogen-bond donors (Lipinski definition) is 0. The number of hydrazone groups is 2. The van der Waals surface area contributed by atoms with E-state index in [1.165, 1.54) is 0 Å². The highest BCUT2D eigenvalue weighted by molar-refractivity contribution is 6.90. The van der Waals surface area contributed by atoms with E-state index in [9.17, 15) is 4.79 Å². The summed E-state index contributed by atoms with van der Waals surface area (Å²) in [6, 6.07) is 0. The van der Waals surface area contributed by atoms with Crippen molar-refractivity contribution in [3.8, 4) is 0 Å². The topological polar surface area (TPSA) is 48.3 Å². The number of ketones is 1. The normalized spacial score (nSPS) is 20.4. The first-order valence-corrected chi connectivity index (χ1v) is 23.9. The van der Waals surface area contributed by atoms with Crippen LogP contribution in [0.2, 0.25) is 78.6 Å². The summed E-state index contributed by atoms with van der Waals surface area (Å²) in [7, 11) is -6.44. The highest BCUT2D eigenvalue weighted by Gasteiger charge is 2.37. The second kappa shape index (κ2) is 8.08. The van der Waals surface area contributed by atoms with Crippen molar-refractivity contribution >= 4 is 50.1 Å². The Morgan fingerprint density at radius 3 is 1.26 bits per heavy atom. The maximum absolute atomic E-state index is 12.3. The molecule has 0 spiro atoms. The first kappa shape index (κ1) is 24.5. The van der Waals surface area contributed by atoms with Gasteiger partial charge in [-0.1, -0.05) is 78.6 Å². The van der Waals surface area contributed by atoms with Crippen LogP contribution in [0.3, 0.4) is 0 Å². The maximum atomic E-state index is 12.3. The third kappa shape index (κ3) is 7.10. The molecule has 156 valence electrons. The average Bonchev–Trinajstić information content (AvgIpc) is 2.38. The second-order valence-electron chi connectivity index (χ2n) is 11.6. The Kier molecular flexibility index (Phi) is 7.33. The van der Waals surface area contributed by atoms with Gasteiger partial charge in [0.2, 0.25) is 0 Å². The van der Waals surface area contributed by atoms with Crippen LogP contribution in [0.4, 0.5) is 0 Å². The van der Waals surface area contributed by atoms with Crippen LogP contribution in [0.25, 0.3) is 0 Å². The van der Waals surface area contributed by atoms with E-state index in [4.69, 9.17) is 10.2 Å². The van der Waals surface area contributed by atoms with Crippen molar-refractivity contribution < 1.29 is 4.79 Å². The zero-order chi connectivity index (χ0) is 21.4. The predicted octanol–water partition coefficient (Wildman–Crippen LogP) is 5.40. The SMILES string of the molecule is C[Si](C)(C)N(N=C1CCC(=O)CC1=NN([Si](C)(C)C)[Si](C)(C)C)[Si](C)(C)C. The highest BCUT2D eigenvalue weighted by atomic mass is 28.4. The Bertz CT molecular complexity index is 591. The van der Waals surface area contributed by atoms with Crippen LogP contribution in [-0.4, -0.2) is 58.8 Å². The summed E-state index contributed by atoms with van der Waals surface area (Å²) >= 11 is 0. The van der Waals surface area contributed by atoms with E-state index < -0.39 is 32.9 Å². The van der Waals surface area contributed by atoms with Gasteiger partial charge in [-0.3, -0.25) is 4.79 Å². The van der Waals surface area contributed by atoms with E-state index in [1.54, 1.807) is 0 Å². The van der Waals surface area contributed by atoms with Crippen LogP contribution in [0.5, 0.6) is 0 Å². The molecule has 0 aromatic carbocycles. The molecule has 1 aliphatic rings. The first-order valence-electron chi connectivity index (χ1n) is 10.1. The van der Waals surface area contributed by atoms with Gasteiger partial charge in [0.1, 0.15) is 5.78 Å². The maximum Gasteiger partial charge on any atom is 0.158 e. The van der Waals surface area contributed by atoms with Crippen LogP contribution in [0, 0.1) is 0 Å². The Hall–Kier alpha value is -0.522. The minimum Gasteiger partial charge on any atom is -0.350 e. The molecule has 0 N–H and O–H groups in total. The predicted molar refractivity (Wildman–Crippen MR) is 131 cm³/mol. The van der Waals surface area contributed by atoms with Gasteiger partial charge in [-0.25, -0.2) is 0 Å². The van der Waals surface area contributed by atoms with Gasteiger partial charge in [0.15, 0.2) is 32.9 Å². The summed E-state index contributed by atoms with van der Waals surface area (Å²) < 4.78 is 4.87. The summed E-state index contributed by atoms with van der Waals surface area (Å²) in [4.78, 5) is 12.3. The molecule has 5 nitrogen and oxygen atoms in total. The van der Waals surface area contributed by atoms with Gasteiger partial charge >= 0.3 is 0 Å². The van der Waals surface area contributed by atoms with E-state index in [2.05, 4.69) is 87.2 Å². The Morgan fingerprint density at radius 1 is 0.593 bits per heavy atom. The molecule has 27 heavy (non-hydrogen) atoms. The minimum atomic E-state index is -1.63. The fraction of sp³-hybridized carbons (Fsp3) is 0.833. The van der Waals surface area contributed by atoms with Gasteiger partial charge < -0.3 is 8.68 Å². The zero-order valence-electron chi connectivity index (χ0n) is 19.8. The van der Waals surface area contributed by atoms with Gasteiger partial charge in [0, 0.05) is 12.8 Å². The summed E-state index contributed by atoms with van der Waals surface area (Å²) in [5.74, 6) is 0.298. The molecule has 0 aliphatic heterocycles. The number of hydrogen-bond acceptors (Lipinski definition) is 5. The van der Waals surface area contributed by atoms with Gasteiger partial charge in [-0.15, -0.1) is 0 Å². The van der Waals surface area contributed by atoms with E-state index in [0.717, 1.165) is 17.8 Å². The van der Waals surface area contributed by atoms with E-state index in [1.807, 2.05) is 0 Å². The molecular weight excluding hydrogens is 401 g/mol. The van der Waals surface area contributed by atoms with Crippen molar-refractivity contribution in [2.24, 2.45) is 10.2 Å². The Morgan fingerprint density at radius 2 is 0.926 bits per heavy atom. The van der Waals surface area contributed by atoms with Gasteiger partial charge in [0.25, 0.3) is 0 Å². The summed E-state index contributed by atoms with van der Waals surface area (Å²) in [6.45, 7) is 28.2. The number of Topliss-reactive ketones (excluding diaryl/α,β-unsaturated/α-hetero) is 1. The number of rotatable bonds is 6. The summed E-state index contributed by atoms with van der Waals surface area (Å²) in [5, 5.41) is 10.4. The quantitative estimate of drug-likeness (QED) is 0.409. The van der Waals surface area contributed by atoms with Crippen LogP contribution in [-0.2, 0) is 4.79 Å². The first-order chi connectivity index (χ1) is 11.8. The number of nitrogens with zero attached hydrogens (tertiary/aromatic N) is 4. The van der Waals surface area contributed by atoms with Gasteiger partial charge in [-0.05, 0) is 0 Å². The lowest BCUT2D eigenvalue weighted by atomic mass is 9.95. The molecule has 9 heteroatoms. The molecule has 1 aliphatic carbocycles. The van der Waals surface area contributed by atoms with Crippen LogP contribution in [0.15, 0.2) is 10.2 Å².